The van der Waals surface area contributed by atoms with Gasteiger partial charge in [0, 0.05) is 30.2 Å². The van der Waals surface area contributed by atoms with E-state index in [1.807, 2.05) is 6.07 Å². The highest BCUT2D eigenvalue weighted by Crippen LogP contribution is 2.13. The number of rotatable bonds is 5. The van der Waals surface area contributed by atoms with Gasteiger partial charge in [0.15, 0.2) is 0 Å². The predicted molar refractivity (Wildman–Crippen MR) is 96.2 cm³/mol. The zero-order valence-electron chi connectivity index (χ0n) is 13.8. The number of nitrogens with one attached hydrogen (secondary N) is 2. The molecule has 0 bridgehead atoms. The number of pyridine rings is 1. The first-order chi connectivity index (χ1) is 12.6. The molecular formula is C20H16FN3O2. The summed E-state index contributed by atoms with van der Waals surface area (Å²) >= 11 is 0. The molecular weight excluding hydrogens is 333 g/mol. The van der Waals surface area contributed by atoms with E-state index in [9.17, 15) is 14.0 Å². The maximum absolute atomic E-state index is 12.9. The third kappa shape index (κ3) is 4.51. The standard InChI is InChI=1S/C20H16FN3O2/c21-17-8-6-15(7-9-17)20(26)24-18-5-1-3-14(11-18)12-23-19(25)16-4-2-10-22-13-16/h1-11,13H,12H2,(H,23,25)(H,24,26). The van der Waals surface area contributed by atoms with Crippen molar-refractivity contribution in [3.05, 3.63) is 95.6 Å². The number of aromatic nitrogens is 1. The van der Waals surface area contributed by atoms with Crippen molar-refractivity contribution in [1.29, 1.82) is 0 Å². The molecule has 3 aromatic rings. The van der Waals surface area contributed by atoms with E-state index in [1.54, 1.807) is 36.5 Å². The van der Waals surface area contributed by atoms with Crippen LogP contribution in [0, 0.1) is 5.82 Å². The topological polar surface area (TPSA) is 71.1 Å². The van der Waals surface area contributed by atoms with Crippen molar-refractivity contribution in [2.24, 2.45) is 0 Å². The predicted octanol–water partition coefficient (Wildman–Crippen LogP) is 3.40. The van der Waals surface area contributed by atoms with Crippen molar-refractivity contribution in [1.82, 2.24) is 10.3 Å². The van der Waals surface area contributed by atoms with E-state index in [-0.39, 0.29) is 11.8 Å². The van der Waals surface area contributed by atoms with Crippen LogP contribution in [0.5, 0.6) is 0 Å². The molecule has 1 aromatic heterocycles. The SMILES string of the molecule is O=C(NCc1cccc(NC(=O)c2ccc(F)cc2)c1)c1cccnc1. The highest BCUT2D eigenvalue weighted by Gasteiger charge is 2.08. The minimum absolute atomic E-state index is 0.223. The Bertz CT molecular complexity index is 912. The zero-order valence-corrected chi connectivity index (χ0v) is 13.8. The number of carbonyl (C=O) groups excluding carboxylic acids is 2. The van der Waals surface area contributed by atoms with Crippen LogP contribution < -0.4 is 10.6 Å². The van der Waals surface area contributed by atoms with Crippen molar-refractivity contribution in [3.63, 3.8) is 0 Å². The van der Waals surface area contributed by atoms with E-state index in [0.717, 1.165) is 5.56 Å². The molecule has 0 saturated carbocycles. The van der Waals surface area contributed by atoms with E-state index in [4.69, 9.17) is 0 Å². The van der Waals surface area contributed by atoms with E-state index in [0.29, 0.717) is 23.4 Å². The van der Waals surface area contributed by atoms with Crippen molar-refractivity contribution < 1.29 is 14.0 Å². The van der Waals surface area contributed by atoms with Crippen LogP contribution in [0.3, 0.4) is 0 Å². The third-order valence-corrected chi connectivity index (χ3v) is 3.67. The summed E-state index contributed by atoms with van der Waals surface area (Å²) in [5, 5.41) is 5.55. The van der Waals surface area contributed by atoms with Crippen molar-refractivity contribution >= 4 is 17.5 Å². The monoisotopic (exact) mass is 349 g/mol. The Kier molecular flexibility index (Phi) is 5.34. The van der Waals surface area contributed by atoms with E-state index in [1.165, 1.54) is 30.5 Å². The Morgan fingerprint density at radius 2 is 1.73 bits per heavy atom. The number of nitrogens with zero attached hydrogens (tertiary/aromatic N) is 1. The van der Waals surface area contributed by atoms with Gasteiger partial charge in [-0.05, 0) is 54.1 Å². The molecule has 26 heavy (non-hydrogen) atoms. The Balaban J connectivity index is 1.62. The fourth-order valence-corrected chi connectivity index (χ4v) is 2.35. The molecule has 3 rings (SSSR count). The first kappa shape index (κ1) is 17.3. The molecule has 0 radical (unpaired) electrons. The average Bonchev–Trinajstić information content (AvgIpc) is 2.67. The van der Waals surface area contributed by atoms with Gasteiger partial charge in [-0.2, -0.15) is 0 Å². The normalized spacial score (nSPS) is 10.2. The molecule has 0 unspecified atom stereocenters. The number of amides is 2. The maximum atomic E-state index is 12.9. The van der Waals surface area contributed by atoms with E-state index < -0.39 is 5.82 Å². The Labute approximate surface area is 149 Å². The molecule has 0 aliphatic rings. The third-order valence-electron chi connectivity index (χ3n) is 3.67. The molecule has 6 heteroatoms. The molecule has 130 valence electrons. The quantitative estimate of drug-likeness (QED) is 0.742. The van der Waals surface area contributed by atoms with Gasteiger partial charge in [-0.15, -0.1) is 0 Å². The lowest BCUT2D eigenvalue weighted by atomic mass is 10.1. The summed E-state index contributed by atoms with van der Waals surface area (Å²) in [4.78, 5) is 28.1. The summed E-state index contributed by atoms with van der Waals surface area (Å²) in [6.07, 6.45) is 3.10. The number of hydrogen-bond donors (Lipinski definition) is 2. The van der Waals surface area contributed by atoms with Gasteiger partial charge in [0.05, 0.1) is 5.56 Å². The number of benzene rings is 2. The average molecular weight is 349 g/mol. The summed E-state index contributed by atoms with van der Waals surface area (Å²) in [6, 6.07) is 15.8. The lowest BCUT2D eigenvalue weighted by Crippen LogP contribution is -2.23. The lowest BCUT2D eigenvalue weighted by Gasteiger charge is -2.09. The fraction of sp³-hybridized carbons (Fsp3) is 0.0500. The molecule has 0 aliphatic carbocycles. The molecule has 0 atom stereocenters. The highest BCUT2D eigenvalue weighted by atomic mass is 19.1. The van der Waals surface area contributed by atoms with Gasteiger partial charge >= 0.3 is 0 Å². The van der Waals surface area contributed by atoms with Crippen LogP contribution in [-0.4, -0.2) is 16.8 Å². The van der Waals surface area contributed by atoms with Gasteiger partial charge in [0.2, 0.25) is 0 Å². The minimum atomic E-state index is -0.395. The van der Waals surface area contributed by atoms with E-state index >= 15 is 0 Å². The number of anilines is 1. The summed E-state index contributed by atoms with van der Waals surface area (Å²) < 4.78 is 12.9. The Morgan fingerprint density at radius 3 is 2.46 bits per heavy atom. The Morgan fingerprint density at radius 1 is 0.923 bits per heavy atom. The smallest absolute Gasteiger partial charge is 0.255 e. The van der Waals surface area contributed by atoms with Crippen LogP contribution >= 0.6 is 0 Å². The second-order valence-electron chi connectivity index (χ2n) is 5.59. The summed E-state index contributed by atoms with van der Waals surface area (Å²) in [6.45, 7) is 0.313. The summed E-state index contributed by atoms with van der Waals surface area (Å²) in [5.74, 6) is -0.951. The molecule has 0 saturated heterocycles. The minimum Gasteiger partial charge on any atom is -0.348 e. The molecule has 2 N–H and O–H groups in total. The molecule has 0 aliphatic heterocycles. The fourth-order valence-electron chi connectivity index (χ4n) is 2.35. The second kappa shape index (κ2) is 8.02. The summed E-state index contributed by atoms with van der Waals surface area (Å²) in [7, 11) is 0. The molecule has 0 fully saturated rings. The number of hydrogen-bond acceptors (Lipinski definition) is 3. The summed E-state index contributed by atoms with van der Waals surface area (Å²) in [5.41, 5.74) is 2.27. The van der Waals surface area contributed by atoms with E-state index in [2.05, 4.69) is 15.6 Å². The number of halogens is 1. The first-order valence-corrected chi connectivity index (χ1v) is 7.96. The second-order valence-corrected chi connectivity index (χ2v) is 5.59. The van der Waals surface area contributed by atoms with Crippen LogP contribution in [0.15, 0.2) is 73.1 Å². The van der Waals surface area contributed by atoms with Gasteiger partial charge in [-0.3, -0.25) is 14.6 Å². The van der Waals surface area contributed by atoms with Crippen LogP contribution in [0.1, 0.15) is 26.3 Å². The van der Waals surface area contributed by atoms with Crippen LogP contribution in [0.2, 0.25) is 0 Å². The van der Waals surface area contributed by atoms with Crippen LogP contribution in [-0.2, 0) is 6.54 Å². The molecule has 1 heterocycles. The van der Waals surface area contributed by atoms with Crippen LogP contribution in [0.4, 0.5) is 10.1 Å². The van der Waals surface area contributed by atoms with Gasteiger partial charge in [-0.1, -0.05) is 12.1 Å². The van der Waals surface area contributed by atoms with Gasteiger partial charge in [-0.25, -0.2) is 4.39 Å². The lowest BCUT2D eigenvalue weighted by molar-refractivity contribution is 0.0949. The van der Waals surface area contributed by atoms with Crippen molar-refractivity contribution in [2.45, 2.75) is 6.54 Å². The zero-order chi connectivity index (χ0) is 18.4. The Hall–Kier alpha value is -3.54. The van der Waals surface area contributed by atoms with Gasteiger partial charge in [0.1, 0.15) is 5.82 Å². The maximum Gasteiger partial charge on any atom is 0.255 e. The largest absolute Gasteiger partial charge is 0.348 e. The van der Waals surface area contributed by atoms with Crippen molar-refractivity contribution in [2.75, 3.05) is 5.32 Å². The first-order valence-electron chi connectivity index (χ1n) is 7.96. The molecule has 2 aromatic carbocycles. The molecule has 2 amide bonds. The highest BCUT2D eigenvalue weighted by molar-refractivity contribution is 6.04. The molecule has 5 nitrogen and oxygen atoms in total. The molecule has 0 spiro atoms. The van der Waals surface area contributed by atoms with Crippen molar-refractivity contribution in [3.8, 4) is 0 Å². The van der Waals surface area contributed by atoms with Gasteiger partial charge < -0.3 is 10.6 Å². The van der Waals surface area contributed by atoms with Crippen LogP contribution in [0.25, 0.3) is 0 Å². The number of carbonyl (C=O) groups is 2. The van der Waals surface area contributed by atoms with Gasteiger partial charge in [0.25, 0.3) is 11.8 Å².